The van der Waals surface area contributed by atoms with E-state index in [9.17, 15) is 4.79 Å². The first-order valence-corrected chi connectivity index (χ1v) is 7.52. The summed E-state index contributed by atoms with van der Waals surface area (Å²) in [6.45, 7) is 4.02. The van der Waals surface area contributed by atoms with Gasteiger partial charge in [-0.3, -0.25) is 15.0 Å². The highest BCUT2D eigenvalue weighted by Gasteiger charge is 2.21. The Labute approximate surface area is 129 Å². The third-order valence-electron chi connectivity index (χ3n) is 3.91. The molecule has 1 unspecified atom stereocenters. The number of aryl methyl sites for hydroxylation is 2. The fourth-order valence-electron chi connectivity index (χ4n) is 2.94. The van der Waals surface area contributed by atoms with Crippen LogP contribution in [-0.2, 0) is 17.8 Å². The number of nitrogens with zero attached hydrogens (tertiary/aromatic N) is 4. The molecule has 7 nitrogen and oxygen atoms in total. The molecule has 3 rings (SSSR count). The monoisotopic (exact) mass is 303 g/mol. The lowest BCUT2D eigenvalue weighted by atomic mass is 9.99. The van der Waals surface area contributed by atoms with Gasteiger partial charge in [-0.05, 0) is 26.3 Å². The summed E-state index contributed by atoms with van der Waals surface area (Å²) in [6, 6.07) is 1.71. The van der Waals surface area contributed by atoms with E-state index in [-0.39, 0.29) is 5.91 Å². The van der Waals surface area contributed by atoms with E-state index in [4.69, 9.17) is 4.52 Å². The molecule has 0 spiro atoms. The van der Waals surface area contributed by atoms with E-state index in [0.29, 0.717) is 18.3 Å². The number of hydrogen-bond acceptors (Lipinski definition) is 5. The standard InChI is InChI=1S/C15H21N5O2/c1-11-7-15(22-18-11)17-14(21)10-19(2)8-12-3-4-13-16-5-6-20(13)9-12/h5-7,12H,3-4,8-10H2,1-2H3,(H,17,21). The molecule has 1 amide bonds. The van der Waals surface area contributed by atoms with Gasteiger partial charge in [-0.2, -0.15) is 0 Å². The quantitative estimate of drug-likeness (QED) is 0.901. The Hall–Kier alpha value is -2.15. The zero-order valence-electron chi connectivity index (χ0n) is 13.0. The van der Waals surface area contributed by atoms with Gasteiger partial charge in [-0.25, -0.2) is 4.98 Å². The Kier molecular flexibility index (Phi) is 4.24. The number of carbonyl (C=O) groups is 1. The van der Waals surface area contributed by atoms with Crippen LogP contribution in [0.5, 0.6) is 0 Å². The molecule has 0 radical (unpaired) electrons. The number of aromatic nitrogens is 3. The number of hydrogen-bond donors (Lipinski definition) is 1. The van der Waals surface area contributed by atoms with Crippen LogP contribution in [0.1, 0.15) is 17.9 Å². The van der Waals surface area contributed by atoms with Crippen LogP contribution < -0.4 is 5.32 Å². The Morgan fingerprint density at radius 3 is 3.23 bits per heavy atom. The van der Waals surface area contributed by atoms with Crippen LogP contribution in [0.2, 0.25) is 0 Å². The first-order chi connectivity index (χ1) is 10.6. The highest BCUT2D eigenvalue weighted by molar-refractivity contribution is 5.90. The van der Waals surface area contributed by atoms with Gasteiger partial charge in [0, 0.05) is 38.0 Å². The van der Waals surface area contributed by atoms with Crippen molar-refractivity contribution in [2.45, 2.75) is 26.3 Å². The minimum absolute atomic E-state index is 0.0854. The van der Waals surface area contributed by atoms with E-state index in [0.717, 1.165) is 37.4 Å². The molecule has 7 heteroatoms. The number of amides is 1. The largest absolute Gasteiger partial charge is 0.338 e. The Balaban J connectivity index is 1.46. The van der Waals surface area contributed by atoms with Crippen LogP contribution in [0.15, 0.2) is 23.0 Å². The zero-order chi connectivity index (χ0) is 15.5. The van der Waals surface area contributed by atoms with Crippen LogP contribution >= 0.6 is 0 Å². The van der Waals surface area contributed by atoms with E-state index in [1.54, 1.807) is 6.07 Å². The number of rotatable bonds is 5. The van der Waals surface area contributed by atoms with Gasteiger partial charge in [0.05, 0.1) is 12.2 Å². The summed E-state index contributed by atoms with van der Waals surface area (Å²) in [4.78, 5) is 18.4. The fraction of sp³-hybridized carbons (Fsp3) is 0.533. The first kappa shape index (κ1) is 14.8. The van der Waals surface area contributed by atoms with Crippen LogP contribution in [0.25, 0.3) is 0 Å². The molecular formula is C15H21N5O2. The molecule has 1 aliphatic heterocycles. The van der Waals surface area contributed by atoms with Crippen molar-refractivity contribution in [2.75, 3.05) is 25.5 Å². The molecule has 1 aliphatic rings. The molecule has 0 aromatic carbocycles. The molecule has 1 N–H and O–H groups in total. The second-order valence-corrected chi connectivity index (χ2v) is 5.98. The van der Waals surface area contributed by atoms with Gasteiger partial charge in [0.2, 0.25) is 11.8 Å². The third kappa shape index (κ3) is 3.54. The number of nitrogens with one attached hydrogen (secondary N) is 1. The van der Waals surface area contributed by atoms with Gasteiger partial charge in [-0.1, -0.05) is 5.16 Å². The van der Waals surface area contributed by atoms with E-state index in [1.165, 1.54) is 0 Å². The summed E-state index contributed by atoms with van der Waals surface area (Å²) in [6.07, 6.45) is 6.01. The molecule has 2 aromatic rings. The Morgan fingerprint density at radius 2 is 2.45 bits per heavy atom. The molecule has 0 bridgehead atoms. The molecule has 118 valence electrons. The fourth-order valence-corrected chi connectivity index (χ4v) is 2.94. The average molecular weight is 303 g/mol. The van der Waals surface area contributed by atoms with Gasteiger partial charge in [0.25, 0.3) is 0 Å². The first-order valence-electron chi connectivity index (χ1n) is 7.52. The SMILES string of the molecule is Cc1cc(NC(=O)CN(C)CC2CCc3nccn3C2)on1. The van der Waals surface area contributed by atoms with Gasteiger partial charge >= 0.3 is 0 Å². The number of carbonyl (C=O) groups excluding carboxylic acids is 1. The van der Waals surface area contributed by atoms with Gasteiger partial charge < -0.3 is 9.09 Å². The predicted octanol–water partition coefficient (Wildman–Crippen LogP) is 1.31. The van der Waals surface area contributed by atoms with Gasteiger partial charge in [0.1, 0.15) is 5.82 Å². The molecule has 0 saturated carbocycles. The third-order valence-corrected chi connectivity index (χ3v) is 3.91. The summed E-state index contributed by atoms with van der Waals surface area (Å²) >= 11 is 0. The summed E-state index contributed by atoms with van der Waals surface area (Å²) in [5.41, 5.74) is 0.752. The summed E-state index contributed by atoms with van der Waals surface area (Å²) in [5, 5.41) is 6.46. The molecule has 3 heterocycles. The lowest BCUT2D eigenvalue weighted by molar-refractivity contribution is -0.117. The Bertz CT molecular complexity index is 648. The van der Waals surface area contributed by atoms with Crippen molar-refractivity contribution < 1.29 is 9.32 Å². The van der Waals surface area contributed by atoms with E-state index >= 15 is 0 Å². The molecule has 0 fully saturated rings. The number of likely N-dealkylation sites (N-methyl/N-ethyl adjacent to an activating group) is 1. The van der Waals surface area contributed by atoms with Crippen molar-refractivity contribution in [3.05, 3.63) is 30.0 Å². The van der Waals surface area contributed by atoms with E-state index < -0.39 is 0 Å². The van der Waals surface area contributed by atoms with Crippen LogP contribution in [0.3, 0.4) is 0 Å². The van der Waals surface area contributed by atoms with Crippen molar-refractivity contribution in [2.24, 2.45) is 5.92 Å². The van der Waals surface area contributed by atoms with Crippen molar-refractivity contribution in [3.8, 4) is 0 Å². The van der Waals surface area contributed by atoms with Crippen LogP contribution in [0, 0.1) is 12.8 Å². The van der Waals surface area contributed by atoms with Gasteiger partial charge in [-0.15, -0.1) is 0 Å². The summed E-state index contributed by atoms with van der Waals surface area (Å²) < 4.78 is 7.19. The maximum Gasteiger partial charge on any atom is 0.240 e. The van der Waals surface area contributed by atoms with Crippen molar-refractivity contribution >= 4 is 11.8 Å². The molecule has 0 saturated heterocycles. The summed E-state index contributed by atoms with van der Waals surface area (Å²) in [7, 11) is 1.97. The normalized spacial score (nSPS) is 17.5. The molecular weight excluding hydrogens is 282 g/mol. The predicted molar refractivity (Wildman–Crippen MR) is 81.4 cm³/mol. The minimum atomic E-state index is -0.0854. The second-order valence-electron chi connectivity index (χ2n) is 5.98. The maximum absolute atomic E-state index is 12.0. The molecule has 2 aromatic heterocycles. The van der Waals surface area contributed by atoms with Crippen molar-refractivity contribution in [3.63, 3.8) is 0 Å². The van der Waals surface area contributed by atoms with Crippen molar-refractivity contribution in [1.82, 2.24) is 19.6 Å². The lowest BCUT2D eigenvalue weighted by Crippen LogP contribution is -2.36. The van der Waals surface area contributed by atoms with Crippen LogP contribution in [-0.4, -0.2) is 45.7 Å². The smallest absolute Gasteiger partial charge is 0.240 e. The topological polar surface area (TPSA) is 76.2 Å². The lowest BCUT2D eigenvalue weighted by Gasteiger charge is -2.27. The summed E-state index contributed by atoms with van der Waals surface area (Å²) in [5.74, 6) is 2.03. The molecule has 1 atom stereocenters. The van der Waals surface area contributed by atoms with Crippen molar-refractivity contribution in [1.29, 1.82) is 0 Å². The Morgan fingerprint density at radius 1 is 1.59 bits per heavy atom. The van der Waals surface area contributed by atoms with E-state index in [1.807, 2.05) is 31.3 Å². The number of anilines is 1. The minimum Gasteiger partial charge on any atom is -0.338 e. The maximum atomic E-state index is 12.0. The molecule has 22 heavy (non-hydrogen) atoms. The van der Waals surface area contributed by atoms with E-state index in [2.05, 4.69) is 20.0 Å². The van der Waals surface area contributed by atoms with Gasteiger partial charge in [0.15, 0.2) is 0 Å². The average Bonchev–Trinajstić information content (AvgIpc) is 3.06. The number of fused-ring (bicyclic) bond motifs is 1. The second kappa shape index (κ2) is 6.31. The highest BCUT2D eigenvalue weighted by atomic mass is 16.5. The zero-order valence-corrected chi connectivity index (χ0v) is 13.0. The highest BCUT2D eigenvalue weighted by Crippen LogP contribution is 2.19. The molecule has 0 aliphatic carbocycles. The number of imidazole rings is 1. The van der Waals surface area contributed by atoms with Crippen LogP contribution in [0.4, 0.5) is 5.88 Å².